The zero-order chi connectivity index (χ0) is 17.6. The van der Waals surface area contributed by atoms with Crippen LogP contribution in [0.5, 0.6) is 5.75 Å². The van der Waals surface area contributed by atoms with Gasteiger partial charge in [-0.15, -0.1) is 5.10 Å². The minimum Gasteiger partial charge on any atom is -0.497 e. The second-order valence-corrected chi connectivity index (χ2v) is 5.85. The average molecular weight is 346 g/mol. The lowest BCUT2D eigenvalue weighted by atomic mass is 10.2. The normalized spacial score (nSPS) is 18.1. The van der Waals surface area contributed by atoms with Crippen molar-refractivity contribution in [2.45, 2.75) is 32.0 Å². The monoisotopic (exact) mass is 346 g/mol. The Balaban J connectivity index is 1.55. The number of amides is 1. The van der Waals surface area contributed by atoms with E-state index in [9.17, 15) is 4.79 Å². The number of hydrogen-bond acceptors (Lipinski definition) is 6. The fourth-order valence-corrected chi connectivity index (χ4v) is 2.53. The minimum absolute atomic E-state index is 0.0872. The summed E-state index contributed by atoms with van der Waals surface area (Å²) in [6.45, 7) is 2.89. The van der Waals surface area contributed by atoms with E-state index >= 15 is 0 Å². The Morgan fingerprint density at radius 1 is 1.52 bits per heavy atom. The van der Waals surface area contributed by atoms with Crippen molar-refractivity contribution in [3.63, 3.8) is 0 Å². The van der Waals surface area contributed by atoms with Gasteiger partial charge in [0, 0.05) is 12.7 Å². The smallest absolute Gasteiger partial charge is 0.254 e. The zero-order valence-corrected chi connectivity index (χ0v) is 14.3. The summed E-state index contributed by atoms with van der Waals surface area (Å²) in [7, 11) is 1.60. The molecule has 2 atom stereocenters. The molecule has 8 heteroatoms. The van der Waals surface area contributed by atoms with Crippen molar-refractivity contribution in [1.82, 2.24) is 15.0 Å². The fourth-order valence-electron chi connectivity index (χ4n) is 2.53. The summed E-state index contributed by atoms with van der Waals surface area (Å²) in [5.41, 5.74) is 0.787. The molecular weight excluding hydrogens is 324 g/mol. The maximum absolute atomic E-state index is 12.2. The summed E-state index contributed by atoms with van der Waals surface area (Å²) in [4.78, 5) is 12.2. The Bertz CT molecular complexity index is 712. The Labute approximate surface area is 146 Å². The fraction of sp³-hybridized carbons (Fsp3) is 0.471. The molecule has 0 spiro atoms. The van der Waals surface area contributed by atoms with Crippen molar-refractivity contribution in [1.29, 1.82) is 0 Å². The third-order valence-electron chi connectivity index (χ3n) is 3.99. The van der Waals surface area contributed by atoms with Gasteiger partial charge in [-0.05, 0) is 31.9 Å². The predicted octanol–water partition coefficient (Wildman–Crippen LogP) is 1.80. The lowest BCUT2D eigenvalue weighted by Gasteiger charge is -2.15. The van der Waals surface area contributed by atoms with Gasteiger partial charge in [0.25, 0.3) is 5.91 Å². The van der Waals surface area contributed by atoms with Gasteiger partial charge in [0.2, 0.25) is 0 Å². The van der Waals surface area contributed by atoms with Crippen LogP contribution in [0.1, 0.15) is 19.8 Å². The van der Waals surface area contributed by atoms with Gasteiger partial charge in [-0.3, -0.25) is 4.79 Å². The van der Waals surface area contributed by atoms with Crippen LogP contribution < -0.4 is 10.1 Å². The lowest BCUT2D eigenvalue weighted by molar-refractivity contribution is -0.128. The highest BCUT2D eigenvalue weighted by Gasteiger charge is 2.20. The number of aromatic nitrogens is 3. The molecule has 25 heavy (non-hydrogen) atoms. The number of anilines is 1. The van der Waals surface area contributed by atoms with Crippen LogP contribution in [0.25, 0.3) is 5.69 Å². The number of nitrogens with zero attached hydrogens (tertiary/aromatic N) is 3. The summed E-state index contributed by atoms with van der Waals surface area (Å²) < 4.78 is 17.8. The summed E-state index contributed by atoms with van der Waals surface area (Å²) in [5.74, 6) is 0.811. The van der Waals surface area contributed by atoms with Gasteiger partial charge in [0.15, 0.2) is 5.82 Å². The number of hydrogen-bond donors (Lipinski definition) is 1. The Kier molecular flexibility index (Phi) is 5.62. The quantitative estimate of drug-likeness (QED) is 0.822. The number of carbonyl (C=O) groups is 1. The van der Waals surface area contributed by atoms with E-state index in [2.05, 4.69) is 15.6 Å². The molecule has 0 saturated carbocycles. The first-order chi connectivity index (χ1) is 12.2. The zero-order valence-electron chi connectivity index (χ0n) is 14.3. The van der Waals surface area contributed by atoms with Gasteiger partial charge in [0.05, 0.1) is 31.7 Å². The first kappa shape index (κ1) is 17.4. The van der Waals surface area contributed by atoms with Crippen molar-refractivity contribution < 1.29 is 19.0 Å². The highest BCUT2D eigenvalue weighted by Crippen LogP contribution is 2.17. The summed E-state index contributed by atoms with van der Waals surface area (Å²) in [6.07, 6.45) is 3.15. The Hall–Kier alpha value is -2.45. The largest absolute Gasteiger partial charge is 0.497 e. The number of rotatable bonds is 7. The molecular formula is C17H22N4O4. The highest BCUT2D eigenvalue weighted by molar-refractivity contribution is 5.92. The maximum Gasteiger partial charge on any atom is 0.254 e. The van der Waals surface area contributed by atoms with Crippen LogP contribution in [-0.2, 0) is 14.3 Å². The molecule has 2 aromatic rings. The van der Waals surface area contributed by atoms with Crippen LogP contribution in [0.2, 0.25) is 0 Å². The van der Waals surface area contributed by atoms with Crippen LogP contribution in [0.15, 0.2) is 30.5 Å². The molecule has 1 aromatic heterocycles. The molecule has 1 saturated heterocycles. The van der Waals surface area contributed by atoms with E-state index in [-0.39, 0.29) is 12.0 Å². The van der Waals surface area contributed by atoms with E-state index in [1.165, 1.54) is 0 Å². The molecule has 0 radical (unpaired) electrons. The van der Waals surface area contributed by atoms with Gasteiger partial charge < -0.3 is 19.5 Å². The van der Waals surface area contributed by atoms with E-state index < -0.39 is 6.10 Å². The topological polar surface area (TPSA) is 87.5 Å². The molecule has 0 unspecified atom stereocenters. The summed E-state index contributed by atoms with van der Waals surface area (Å²) in [6, 6.07) is 7.40. The van der Waals surface area contributed by atoms with Gasteiger partial charge in [0.1, 0.15) is 11.9 Å². The third-order valence-corrected chi connectivity index (χ3v) is 3.99. The number of carbonyl (C=O) groups excluding carboxylic acids is 1. The number of benzene rings is 1. The van der Waals surface area contributed by atoms with Gasteiger partial charge in [-0.2, -0.15) is 0 Å². The average Bonchev–Trinajstić information content (AvgIpc) is 3.31. The number of methoxy groups -OCH3 is 1. The molecule has 1 fully saturated rings. The Morgan fingerprint density at radius 3 is 3.16 bits per heavy atom. The molecule has 134 valence electrons. The molecule has 1 aromatic carbocycles. The van der Waals surface area contributed by atoms with Crippen molar-refractivity contribution in [3.8, 4) is 11.4 Å². The highest BCUT2D eigenvalue weighted by atomic mass is 16.5. The number of nitrogens with one attached hydrogen (secondary N) is 1. The van der Waals surface area contributed by atoms with E-state index in [0.717, 1.165) is 30.9 Å². The molecule has 1 aliphatic rings. The van der Waals surface area contributed by atoms with Crippen LogP contribution in [0.4, 0.5) is 5.82 Å². The van der Waals surface area contributed by atoms with Crippen LogP contribution >= 0.6 is 0 Å². The summed E-state index contributed by atoms with van der Waals surface area (Å²) >= 11 is 0. The maximum atomic E-state index is 12.2. The van der Waals surface area contributed by atoms with Gasteiger partial charge in [-0.25, -0.2) is 4.68 Å². The van der Waals surface area contributed by atoms with Crippen LogP contribution in [0.3, 0.4) is 0 Å². The number of ether oxygens (including phenoxy) is 3. The van der Waals surface area contributed by atoms with Crippen LogP contribution in [0, 0.1) is 0 Å². The third kappa shape index (κ3) is 4.55. The van der Waals surface area contributed by atoms with E-state index in [0.29, 0.717) is 12.4 Å². The second kappa shape index (κ2) is 8.09. The minimum atomic E-state index is -0.592. The first-order valence-corrected chi connectivity index (χ1v) is 8.26. The van der Waals surface area contributed by atoms with Gasteiger partial charge in [-0.1, -0.05) is 11.3 Å². The molecule has 2 heterocycles. The SMILES string of the molecule is COc1cccc(-n2cc(NC(=O)[C@@H](C)OC[C@H]3CCCO3)nn2)c1. The molecule has 0 bridgehead atoms. The predicted molar refractivity (Wildman–Crippen MR) is 90.9 cm³/mol. The van der Waals surface area contributed by atoms with Crippen molar-refractivity contribution in [2.75, 3.05) is 25.6 Å². The lowest BCUT2D eigenvalue weighted by Crippen LogP contribution is -2.30. The molecule has 1 amide bonds. The first-order valence-electron chi connectivity index (χ1n) is 8.26. The Morgan fingerprint density at radius 2 is 2.40 bits per heavy atom. The molecule has 8 nitrogen and oxygen atoms in total. The van der Waals surface area contributed by atoms with E-state index in [1.807, 2.05) is 24.3 Å². The van der Waals surface area contributed by atoms with E-state index in [1.54, 1.807) is 24.9 Å². The van der Waals surface area contributed by atoms with Crippen LogP contribution in [-0.4, -0.2) is 53.4 Å². The second-order valence-electron chi connectivity index (χ2n) is 5.85. The van der Waals surface area contributed by atoms with E-state index in [4.69, 9.17) is 14.2 Å². The molecule has 1 aliphatic heterocycles. The van der Waals surface area contributed by atoms with Crippen molar-refractivity contribution in [3.05, 3.63) is 30.5 Å². The summed E-state index contributed by atoms with van der Waals surface area (Å²) in [5, 5.41) is 10.7. The molecule has 1 N–H and O–H groups in total. The molecule has 0 aliphatic carbocycles. The van der Waals surface area contributed by atoms with Gasteiger partial charge >= 0.3 is 0 Å². The molecule has 3 rings (SSSR count). The van der Waals surface area contributed by atoms with Crippen molar-refractivity contribution in [2.24, 2.45) is 0 Å². The standard InChI is InChI=1S/C17H22N4O4/c1-12(25-11-15-7-4-8-24-15)17(22)18-16-10-21(20-19-16)13-5-3-6-14(9-13)23-2/h3,5-6,9-10,12,15H,4,7-8,11H2,1-2H3,(H,18,22)/t12-,15-/m1/s1. The van der Waals surface area contributed by atoms with Crippen molar-refractivity contribution >= 4 is 11.7 Å².